The standard InChI is InChI=1S/C12H16FNOS/c1-8(2)11(16)12(15)14-7-9-3-5-10(13)6-4-9/h3-6,8,11,16H,7H2,1-2H3,(H,14,15). The predicted molar refractivity (Wildman–Crippen MR) is 65.9 cm³/mol. The van der Waals surface area contributed by atoms with Gasteiger partial charge in [0.1, 0.15) is 5.82 Å². The van der Waals surface area contributed by atoms with E-state index in [0.717, 1.165) is 5.56 Å². The highest BCUT2D eigenvalue weighted by atomic mass is 32.1. The number of carbonyl (C=O) groups is 1. The molecule has 1 rings (SSSR count). The average molecular weight is 241 g/mol. The normalized spacial score (nSPS) is 12.6. The van der Waals surface area contributed by atoms with E-state index >= 15 is 0 Å². The topological polar surface area (TPSA) is 29.1 Å². The van der Waals surface area contributed by atoms with E-state index in [-0.39, 0.29) is 22.9 Å². The molecular weight excluding hydrogens is 225 g/mol. The Bertz CT molecular complexity index is 351. The number of thiol groups is 1. The van der Waals surface area contributed by atoms with Crippen LogP contribution < -0.4 is 5.32 Å². The molecule has 1 amide bonds. The van der Waals surface area contributed by atoms with Gasteiger partial charge in [0.05, 0.1) is 5.25 Å². The van der Waals surface area contributed by atoms with Gasteiger partial charge >= 0.3 is 0 Å². The fourth-order valence-corrected chi connectivity index (χ4v) is 1.29. The van der Waals surface area contributed by atoms with E-state index in [1.54, 1.807) is 12.1 Å². The lowest BCUT2D eigenvalue weighted by atomic mass is 10.1. The molecule has 0 saturated carbocycles. The van der Waals surface area contributed by atoms with Crippen LogP contribution in [0.3, 0.4) is 0 Å². The van der Waals surface area contributed by atoms with Crippen molar-refractivity contribution in [3.8, 4) is 0 Å². The number of carbonyl (C=O) groups excluding carboxylic acids is 1. The Morgan fingerprint density at radius 1 is 1.38 bits per heavy atom. The third-order valence-corrected chi connectivity index (χ3v) is 3.11. The number of amides is 1. The minimum Gasteiger partial charge on any atom is -0.351 e. The second-order valence-corrected chi connectivity index (χ2v) is 4.59. The fourth-order valence-electron chi connectivity index (χ4n) is 1.20. The molecular formula is C12H16FNOS. The fraction of sp³-hybridized carbons (Fsp3) is 0.417. The SMILES string of the molecule is CC(C)C(S)C(=O)NCc1ccc(F)cc1. The van der Waals surface area contributed by atoms with Gasteiger partial charge < -0.3 is 5.32 Å². The Morgan fingerprint density at radius 2 is 1.94 bits per heavy atom. The van der Waals surface area contributed by atoms with E-state index in [1.807, 2.05) is 13.8 Å². The highest BCUT2D eigenvalue weighted by Crippen LogP contribution is 2.09. The minimum atomic E-state index is -0.305. The lowest BCUT2D eigenvalue weighted by Crippen LogP contribution is -2.33. The molecule has 0 saturated heterocycles. The number of hydrogen-bond donors (Lipinski definition) is 2. The zero-order valence-electron chi connectivity index (χ0n) is 9.40. The van der Waals surface area contributed by atoms with E-state index in [1.165, 1.54) is 12.1 Å². The Kier molecular flexibility index (Phi) is 4.80. The molecule has 0 aromatic heterocycles. The quantitative estimate of drug-likeness (QED) is 0.779. The van der Waals surface area contributed by atoms with Gasteiger partial charge in [-0.15, -0.1) is 0 Å². The molecule has 0 fully saturated rings. The lowest BCUT2D eigenvalue weighted by molar-refractivity contribution is -0.121. The van der Waals surface area contributed by atoms with E-state index in [2.05, 4.69) is 17.9 Å². The zero-order valence-corrected chi connectivity index (χ0v) is 10.3. The smallest absolute Gasteiger partial charge is 0.233 e. The van der Waals surface area contributed by atoms with Crippen molar-refractivity contribution < 1.29 is 9.18 Å². The summed E-state index contributed by atoms with van der Waals surface area (Å²) < 4.78 is 12.6. The van der Waals surface area contributed by atoms with Crippen molar-refractivity contribution in [2.24, 2.45) is 5.92 Å². The van der Waals surface area contributed by atoms with Crippen molar-refractivity contribution in [3.63, 3.8) is 0 Å². The molecule has 16 heavy (non-hydrogen) atoms. The first-order valence-corrected chi connectivity index (χ1v) is 5.72. The summed E-state index contributed by atoms with van der Waals surface area (Å²) >= 11 is 4.21. The first-order valence-electron chi connectivity index (χ1n) is 5.21. The molecule has 0 aliphatic carbocycles. The summed E-state index contributed by atoms with van der Waals surface area (Å²) in [5, 5.41) is 2.46. The monoisotopic (exact) mass is 241 g/mol. The molecule has 0 bridgehead atoms. The van der Waals surface area contributed by atoms with Crippen LogP contribution in [-0.4, -0.2) is 11.2 Å². The van der Waals surface area contributed by atoms with E-state index in [9.17, 15) is 9.18 Å². The van der Waals surface area contributed by atoms with Gasteiger partial charge in [-0.1, -0.05) is 26.0 Å². The summed E-state index contributed by atoms with van der Waals surface area (Å²) in [7, 11) is 0. The Balaban J connectivity index is 2.46. The second kappa shape index (κ2) is 5.89. The van der Waals surface area contributed by atoms with Crippen LogP contribution in [0, 0.1) is 11.7 Å². The van der Waals surface area contributed by atoms with E-state index in [4.69, 9.17) is 0 Å². The lowest BCUT2D eigenvalue weighted by Gasteiger charge is -2.14. The van der Waals surface area contributed by atoms with Gasteiger partial charge in [-0.3, -0.25) is 4.79 Å². The molecule has 1 unspecified atom stereocenters. The average Bonchev–Trinajstić information content (AvgIpc) is 2.26. The van der Waals surface area contributed by atoms with Crippen molar-refractivity contribution in [3.05, 3.63) is 35.6 Å². The van der Waals surface area contributed by atoms with Gasteiger partial charge in [-0.05, 0) is 23.6 Å². The van der Waals surface area contributed by atoms with Crippen molar-refractivity contribution in [1.29, 1.82) is 0 Å². The van der Waals surface area contributed by atoms with Gasteiger partial charge in [0.15, 0.2) is 0 Å². The van der Waals surface area contributed by atoms with Gasteiger partial charge in [-0.2, -0.15) is 12.6 Å². The highest BCUT2D eigenvalue weighted by molar-refractivity contribution is 7.81. The molecule has 88 valence electrons. The molecule has 1 aromatic rings. The van der Waals surface area contributed by atoms with E-state index < -0.39 is 0 Å². The Morgan fingerprint density at radius 3 is 2.44 bits per heavy atom. The molecule has 1 aromatic carbocycles. The van der Waals surface area contributed by atoms with Crippen LogP contribution in [0.5, 0.6) is 0 Å². The van der Waals surface area contributed by atoms with Gasteiger partial charge in [-0.25, -0.2) is 4.39 Å². The summed E-state index contributed by atoms with van der Waals surface area (Å²) in [6, 6.07) is 6.06. The minimum absolute atomic E-state index is 0.0948. The summed E-state index contributed by atoms with van der Waals surface area (Å²) in [5.74, 6) is -0.177. The number of rotatable bonds is 4. The van der Waals surface area contributed by atoms with Gasteiger partial charge in [0, 0.05) is 6.54 Å². The van der Waals surface area contributed by atoms with Crippen molar-refractivity contribution in [1.82, 2.24) is 5.32 Å². The maximum absolute atomic E-state index is 12.6. The Labute approximate surface area is 101 Å². The van der Waals surface area contributed by atoms with Crippen LogP contribution in [0.1, 0.15) is 19.4 Å². The summed E-state index contributed by atoms with van der Waals surface area (Å²) in [6.07, 6.45) is 0. The zero-order chi connectivity index (χ0) is 12.1. The summed E-state index contributed by atoms with van der Waals surface area (Å²) in [6.45, 7) is 4.28. The molecule has 0 radical (unpaired) electrons. The maximum atomic E-state index is 12.6. The van der Waals surface area contributed by atoms with Gasteiger partial charge in [0.25, 0.3) is 0 Å². The van der Waals surface area contributed by atoms with Crippen molar-refractivity contribution >= 4 is 18.5 Å². The molecule has 1 N–H and O–H groups in total. The number of benzene rings is 1. The maximum Gasteiger partial charge on any atom is 0.233 e. The summed E-state index contributed by atoms with van der Waals surface area (Å²) in [4.78, 5) is 11.6. The van der Waals surface area contributed by atoms with Crippen LogP contribution in [0.25, 0.3) is 0 Å². The molecule has 2 nitrogen and oxygen atoms in total. The third-order valence-electron chi connectivity index (χ3n) is 2.28. The van der Waals surface area contributed by atoms with Crippen molar-refractivity contribution in [2.75, 3.05) is 0 Å². The number of hydrogen-bond acceptors (Lipinski definition) is 2. The largest absolute Gasteiger partial charge is 0.351 e. The molecule has 0 heterocycles. The van der Waals surface area contributed by atoms with Crippen LogP contribution in [0.2, 0.25) is 0 Å². The first-order chi connectivity index (χ1) is 7.50. The number of nitrogens with one attached hydrogen (secondary N) is 1. The third kappa shape index (κ3) is 3.85. The predicted octanol–water partition coefficient (Wildman–Crippen LogP) is 2.40. The molecule has 1 atom stereocenters. The molecule has 0 spiro atoms. The van der Waals surface area contributed by atoms with Crippen LogP contribution >= 0.6 is 12.6 Å². The van der Waals surface area contributed by atoms with Crippen LogP contribution in [0.15, 0.2) is 24.3 Å². The molecule has 0 aliphatic heterocycles. The number of halogens is 1. The first kappa shape index (κ1) is 13.0. The van der Waals surface area contributed by atoms with E-state index in [0.29, 0.717) is 6.54 Å². The molecule has 0 aliphatic rings. The van der Waals surface area contributed by atoms with Crippen molar-refractivity contribution in [2.45, 2.75) is 25.6 Å². The molecule has 4 heteroatoms. The highest BCUT2D eigenvalue weighted by Gasteiger charge is 2.16. The second-order valence-electron chi connectivity index (χ2n) is 4.03. The van der Waals surface area contributed by atoms with Gasteiger partial charge in [0.2, 0.25) is 5.91 Å². The summed E-state index contributed by atoms with van der Waals surface area (Å²) in [5.41, 5.74) is 0.874. The Hall–Kier alpha value is -1.03. The van der Waals surface area contributed by atoms with Crippen LogP contribution in [0.4, 0.5) is 4.39 Å². The van der Waals surface area contributed by atoms with Crippen LogP contribution in [-0.2, 0) is 11.3 Å².